The molecule has 0 aliphatic heterocycles. The highest BCUT2D eigenvalue weighted by Crippen LogP contribution is 2.31. The van der Waals surface area contributed by atoms with Gasteiger partial charge in [-0.2, -0.15) is 0 Å². The number of hydrogen-bond donors (Lipinski definition) is 1. The number of rotatable bonds is 3. The normalized spacial score (nSPS) is 10.8. The Hall–Kier alpha value is -2.55. The number of aromatic nitrogens is 1. The number of hydrogen-bond acceptors (Lipinski definition) is 3. The summed E-state index contributed by atoms with van der Waals surface area (Å²) in [4.78, 5) is 6.32. The molecule has 0 aliphatic rings. The molecule has 0 saturated heterocycles. The number of fused-ring (bicyclic) bond motifs is 1. The first-order chi connectivity index (χ1) is 10.1. The molecule has 0 saturated carbocycles. The lowest BCUT2D eigenvalue weighted by Gasteiger charge is -2.22. The molecule has 3 rings (SSSR count). The van der Waals surface area contributed by atoms with Crippen molar-refractivity contribution in [2.45, 2.75) is 13.5 Å². The topological polar surface area (TPSA) is 42.2 Å². The van der Waals surface area contributed by atoms with E-state index in [1.54, 1.807) is 6.20 Å². The number of nitrogens with zero attached hydrogens (tertiary/aromatic N) is 2. The van der Waals surface area contributed by atoms with Gasteiger partial charge in [0.1, 0.15) is 0 Å². The molecule has 0 fully saturated rings. The molecule has 3 nitrogen and oxygen atoms in total. The highest BCUT2D eigenvalue weighted by Gasteiger charge is 2.09. The Bertz CT molecular complexity index is 763. The average Bonchev–Trinajstić information content (AvgIpc) is 2.50. The van der Waals surface area contributed by atoms with Crippen LogP contribution in [-0.2, 0) is 6.54 Å². The lowest BCUT2D eigenvalue weighted by atomic mass is 10.1. The first kappa shape index (κ1) is 13.4. The molecule has 1 heterocycles. The van der Waals surface area contributed by atoms with Gasteiger partial charge in [-0.3, -0.25) is 4.98 Å². The summed E-state index contributed by atoms with van der Waals surface area (Å²) in [5.41, 5.74) is 10.7. The maximum Gasteiger partial charge on any atom is 0.0632 e. The average molecular weight is 277 g/mol. The summed E-state index contributed by atoms with van der Waals surface area (Å²) in [7, 11) is 2.07. The molecule has 0 radical (unpaired) electrons. The third kappa shape index (κ3) is 2.68. The second kappa shape index (κ2) is 5.44. The fraction of sp³-hybridized carbons (Fsp3) is 0.167. The monoisotopic (exact) mass is 277 g/mol. The molecular weight excluding hydrogens is 258 g/mol. The van der Waals surface area contributed by atoms with Crippen LogP contribution in [0.4, 0.5) is 11.4 Å². The summed E-state index contributed by atoms with van der Waals surface area (Å²) in [6.07, 6.45) is 3.62. The molecule has 3 heteroatoms. The van der Waals surface area contributed by atoms with E-state index in [1.165, 1.54) is 11.1 Å². The summed E-state index contributed by atoms with van der Waals surface area (Å²) in [5.74, 6) is 0. The fourth-order valence-corrected chi connectivity index (χ4v) is 2.57. The van der Waals surface area contributed by atoms with Crippen molar-refractivity contribution in [2.24, 2.45) is 0 Å². The maximum absolute atomic E-state index is 6.33. The predicted molar refractivity (Wildman–Crippen MR) is 89.4 cm³/mol. The minimum absolute atomic E-state index is 0.810. The summed E-state index contributed by atoms with van der Waals surface area (Å²) in [5, 5.41) is 2.13. The zero-order valence-corrected chi connectivity index (χ0v) is 12.4. The third-order valence-corrected chi connectivity index (χ3v) is 3.79. The third-order valence-electron chi connectivity index (χ3n) is 3.79. The van der Waals surface area contributed by atoms with Crippen LogP contribution in [0, 0.1) is 6.92 Å². The molecule has 1 aromatic heterocycles. The minimum atomic E-state index is 0.810. The molecule has 0 spiro atoms. The Morgan fingerprint density at radius 1 is 1.05 bits per heavy atom. The van der Waals surface area contributed by atoms with E-state index < -0.39 is 0 Å². The lowest BCUT2D eigenvalue weighted by Crippen LogP contribution is -2.17. The van der Waals surface area contributed by atoms with Gasteiger partial charge in [0, 0.05) is 36.8 Å². The van der Waals surface area contributed by atoms with Crippen LogP contribution in [0.1, 0.15) is 11.1 Å². The van der Waals surface area contributed by atoms with Gasteiger partial charge in [-0.1, -0.05) is 35.9 Å². The summed E-state index contributed by atoms with van der Waals surface area (Å²) >= 11 is 0. The van der Waals surface area contributed by atoms with Crippen molar-refractivity contribution in [3.05, 3.63) is 66.0 Å². The molecular formula is C18H19N3. The van der Waals surface area contributed by atoms with Gasteiger partial charge in [0.15, 0.2) is 0 Å². The van der Waals surface area contributed by atoms with E-state index in [9.17, 15) is 0 Å². The van der Waals surface area contributed by atoms with Gasteiger partial charge < -0.3 is 10.6 Å². The number of benzene rings is 2. The number of nitrogen functional groups attached to an aromatic ring is 1. The minimum Gasteiger partial charge on any atom is -0.397 e. The van der Waals surface area contributed by atoms with Crippen molar-refractivity contribution >= 4 is 22.1 Å². The van der Waals surface area contributed by atoms with Crippen molar-refractivity contribution in [3.63, 3.8) is 0 Å². The standard InChI is InChI=1S/C18H19N3/c1-13-3-5-14(6-4-13)12-21(2)17-8-7-15-11-20-10-9-16(15)18(17)19/h3-11H,12,19H2,1-2H3. The van der Waals surface area contributed by atoms with Crippen LogP contribution in [0.2, 0.25) is 0 Å². The quantitative estimate of drug-likeness (QED) is 0.741. The molecule has 21 heavy (non-hydrogen) atoms. The Morgan fingerprint density at radius 2 is 1.81 bits per heavy atom. The largest absolute Gasteiger partial charge is 0.397 e. The van der Waals surface area contributed by atoms with Crippen molar-refractivity contribution in [3.8, 4) is 0 Å². The van der Waals surface area contributed by atoms with Crippen LogP contribution in [0.25, 0.3) is 10.8 Å². The number of pyridine rings is 1. The van der Waals surface area contributed by atoms with Crippen LogP contribution in [-0.4, -0.2) is 12.0 Å². The second-order valence-electron chi connectivity index (χ2n) is 5.44. The zero-order valence-electron chi connectivity index (χ0n) is 12.4. The van der Waals surface area contributed by atoms with Crippen LogP contribution in [0.3, 0.4) is 0 Å². The van der Waals surface area contributed by atoms with Crippen LogP contribution in [0.15, 0.2) is 54.9 Å². The first-order valence-corrected chi connectivity index (χ1v) is 7.04. The van der Waals surface area contributed by atoms with E-state index in [-0.39, 0.29) is 0 Å². The van der Waals surface area contributed by atoms with Gasteiger partial charge in [-0.15, -0.1) is 0 Å². The number of aryl methyl sites for hydroxylation is 1. The molecule has 0 unspecified atom stereocenters. The van der Waals surface area contributed by atoms with E-state index in [0.29, 0.717) is 0 Å². The molecule has 0 aliphatic carbocycles. The van der Waals surface area contributed by atoms with Gasteiger partial charge in [0.2, 0.25) is 0 Å². The molecule has 3 aromatic rings. The molecule has 2 N–H and O–H groups in total. The van der Waals surface area contributed by atoms with Crippen molar-refractivity contribution in [2.75, 3.05) is 17.7 Å². The Labute approximate surface area is 125 Å². The van der Waals surface area contributed by atoms with E-state index in [4.69, 9.17) is 5.73 Å². The van der Waals surface area contributed by atoms with Crippen molar-refractivity contribution in [1.82, 2.24) is 4.98 Å². The van der Waals surface area contributed by atoms with Crippen LogP contribution >= 0.6 is 0 Å². The summed E-state index contributed by atoms with van der Waals surface area (Å²) in [6, 6.07) is 14.7. The van der Waals surface area contributed by atoms with Gasteiger partial charge in [0.05, 0.1) is 11.4 Å². The van der Waals surface area contributed by atoms with Crippen molar-refractivity contribution < 1.29 is 0 Å². The van der Waals surface area contributed by atoms with Crippen molar-refractivity contribution in [1.29, 1.82) is 0 Å². The SMILES string of the molecule is Cc1ccc(CN(C)c2ccc3cnccc3c2N)cc1. The van der Waals surface area contributed by atoms with Crippen LogP contribution in [0.5, 0.6) is 0 Å². The molecule has 106 valence electrons. The molecule has 0 bridgehead atoms. The first-order valence-electron chi connectivity index (χ1n) is 7.04. The maximum atomic E-state index is 6.33. The molecule has 0 amide bonds. The van der Waals surface area contributed by atoms with Gasteiger partial charge in [0.25, 0.3) is 0 Å². The smallest absolute Gasteiger partial charge is 0.0632 e. The number of nitrogens with two attached hydrogens (primary N) is 1. The lowest BCUT2D eigenvalue weighted by molar-refractivity contribution is 0.925. The fourth-order valence-electron chi connectivity index (χ4n) is 2.57. The predicted octanol–water partition coefficient (Wildman–Crippen LogP) is 3.76. The van der Waals surface area contributed by atoms with Gasteiger partial charge in [-0.25, -0.2) is 0 Å². The Morgan fingerprint density at radius 3 is 2.57 bits per heavy atom. The van der Waals surface area contributed by atoms with E-state index in [1.807, 2.05) is 12.3 Å². The zero-order chi connectivity index (χ0) is 14.8. The number of anilines is 2. The van der Waals surface area contributed by atoms with Gasteiger partial charge in [-0.05, 0) is 24.6 Å². The summed E-state index contributed by atoms with van der Waals surface area (Å²) in [6.45, 7) is 2.93. The van der Waals surface area contributed by atoms with Gasteiger partial charge >= 0.3 is 0 Å². The highest BCUT2D eigenvalue weighted by atomic mass is 15.1. The van der Waals surface area contributed by atoms with Crippen LogP contribution < -0.4 is 10.6 Å². The molecule has 2 aromatic carbocycles. The second-order valence-corrected chi connectivity index (χ2v) is 5.44. The Balaban J connectivity index is 1.92. The van der Waals surface area contributed by atoms with E-state index >= 15 is 0 Å². The Kier molecular flexibility index (Phi) is 3.48. The highest BCUT2D eigenvalue weighted by molar-refractivity contribution is 5.98. The summed E-state index contributed by atoms with van der Waals surface area (Å²) < 4.78 is 0. The van der Waals surface area contributed by atoms with E-state index in [0.717, 1.165) is 28.7 Å². The molecule has 0 atom stereocenters. The van der Waals surface area contributed by atoms with E-state index in [2.05, 4.69) is 60.3 Å².